The van der Waals surface area contributed by atoms with Gasteiger partial charge in [0.15, 0.2) is 22.8 Å². The third-order valence-corrected chi connectivity index (χ3v) is 5.56. The number of piperazine rings is 1. The normalized spacial score (nSPS) is 13.8. The predicted molar refractivity (Wildman–Crippen MR) is 125 cm³/mol. The smallest absolute Gasteiger partial charge is 0.289 e. The molecule has 4 heterocycles. The highest BCUT2D eigenvalue weighted by Gasteiger charge is 2.25. The van der Waals surface area contributed by atoms with Crippen molar-refractivity contribution in [3.63, 3.8) is 0 Å². The molecule has 0 saturated carbocycles. The standard InChI is InChI=1S/C24H22N6O3/c1-16-8-9-25-22(14-16)26-21-6-7-23(28-27-21)29-10-12-30(13-11-29)24(32)20-15-18(31)17-4-2-3-5-19(17)33-20/h2-9,14-15H,10-13H2,1H3,(H,25,26,27). The minimum absolute atomic E-state index is 0.0622. The van der Waals surface area contributed by atoms with E-state index in [1.165, 1.54) is 6.07 Å². The van der Waals surface area contributed by atoms with Crippen LogP contribution in [0.3, 0.4) is 0 Å². The van der Waals surface area contributed by atoms with Crippen molar-refractivity contribution in [3.05, 3.63) is 82.3 Å². The van der Waals surface area contributed by atoms with Gasteiger partial charge in [0.25, 0.3) is 5.91 Å². The molecule has 0 aliphatic carbocycles. The summed E-state index contributed by atoms with van der Waals surface area (Å²) in [4.78, 5) is 33.3. The summed E-state index contributed by atoms with van der Waals surface area (Å²) in [6.45, 7) is 4.18. The van der Waals surface area contributed by atoms with Crippen molar-refractivity contribution in [2.24, 2.45) is 0 Å². The van der Waals surface area contributed by atoms with Crippen molar-refractivity contribution in [1.29, 1.82) is 0 Å². The molecule has 0 unspecified atom stereocenters. The number of anilines is 3. The molecule has 1 aliphatic heterocycles. The number of benzene rings is 1. The molecule has 0 spiro atoms. The number of aryl methyl sites for hydroxylation is 1. The number of amides is 1. The fourth-order valence-corrected chi connectivity index (χ4v) is 3.80. The first kappa shape index (κ1) is 20.6. The van der Waals surface area contributed by atoms with Gasteiger partial charge in [0, 0.05) is 38.4 Å². The fraction of sp³-hybridized carbons (Fsp3) is 0.208. The Bertz CT molecular complexity index is 1360. The van der Waals surface area contributed by atoms with E-state index >= 15 is 0 Å². The van der Waals surface area contributed by atoms with Crippen LogP contribution in [0.4, 0.5) is 17.5 Å². The first-order valence-corrected chi connectivity index (χ1v) is 10.7. The highest BCUT2D eigenvalue weighted by atomic mass is 16.3. The highest BCUT2D eigenvalue weighted by molar-refractivity contribution is 5.93. The first-order valence-electron chi connectivity index (χ1n) is 10.7. The topological polar surface area (TPSA) is 104 Å². The molecule has 1 saturated heterocycles. The van der Waals surface area contributed by atoms with Crippen molar-refractivity contribution in [2.45, 2.75) is 6.92 Å². The molecule has 3 aromatic heterocycles. The highest BCUT2D eigenvalue weighted by Crippen LogP contribution is 2.19. The van der Waals surface area contributed by atoms with Crippen molar-refractivity contribution in [1.82, 2.24) is 20.1 Å². The number of carbonyl (C=O) groups excluding carboxylic acids is 1. The molecule has 5 rings (SSSR count). The zero-order valence-corrected chi connectivity index (χ0v) is 18.1. The van der Waals surface area contributed by atoms with E-state index in [1.54, 1.807) is 35.4 Å². The SMILES string of the molecule is Cc1ccnc(Nc2ccc(N3CCN(C(=O)c4cc(=O)c5ccccc5o4)CC3)nn2)c1. The molecule has 166 valence electrons. The number of para-hydroxylation sites is 1. The Balaban J connectivity index is 1.23. The number of nitrogens with zero attached hydrogens (tertiary/aromatic N) is 5. The summed E-state index contributed by atoms with van der Waals surface area (Å²) in [6.07, 6.45) is 1.74. The van der Waals surface area contributed by atoms with Crippen molar-refractivity contribution < 1.29 is 9.21 Å². The lowest BCUT2D eigenvalue weighted by Gasteiger charge is -2.34. The van der Waals surface area contributed by atoms with Gasteiger partial charge in [0.1, 0.15) is 11.4 Å². The fourth-order valence-electron chi connectivity index (χ4n) is 3.80. The molecule has 9 heteroatoms. The van der Waals surface area contributed by atoms with Crippen LogP contribution in [-0.2, 0) is 0 Å². The summed E-state index contributed by atoms with van der Waals surface area (Å²) >= 11 is 0. The quantitative estimate of drug-likeness (QED) is 0.514. The van der Waals surface area contributed by atoms with Crippen LogP contribution in [-0.4, -0.2) is 52.2 Å². The van der Waals surface area contributed by atoms with Crippen molar-refractivity contribution >= 4 is 34.3 Å². The Kier molecular flexibility index (Phi) is 5.43. The monoisotopic (exact) mass is 442 g/mol. The Hall–Kier alpha value is -4.27. The van der Waals surface area contributed by atoms with Gasteiger partial charge in [-0.3, -0.25) is 9.59 Å². The number of hydrogen-bond acceptors (Lipinski definition) is 8. The second kappa shape index (κ2) is 8.70. The van der Waals surface area contributed by atoms with Crippen LogP contribution in [0.5, 0.6) is 0 Å². The molecule has 1 fully saturated rings. The third-order valence-electron chi connectivity index (χ3n) is 5.56. The van der Waals surface area contributed by atoms with Crippen LogP contribution in [0.25, 0.3) is 11.0 Å². The molecule has 0 bridgehead atoms. The summed E-state index contributed by atoms with van der Waals surface area (Å²) in [5.41, 5.74) is 1.30. The first-order chi connectivity index (χ1) is 16.1. The van der Waals surface area contributed by atoms with Crippen LogP contribution in [0.2, 0.25) is 0 Å². The van der Waals surface area contributed by atoms with E-state index in [2.05, 4.69) is 25.4 Å². The van der Waals surface area contributed by atoms with E-state index in [0.717, 1.165) is 11.4 Å². The van der Waals surface area contributed by atoms with Gasteiger partial charge >= 0.3 is 0 Å². The maximum absolute atomic E-state index is 12.9. The summed E-state index contributed by atoms with van der Waals surface area (Å²) in [6, 6.07) is 15.8. The molecular weight excluding hydrogens is 420 g/mol. The van der Waals surface area contributed by atoms with Gasteiger partial charge in [-0.15, -0.1) is 10.2 Å². The Morgan fingerprint density at radius 3 is 2.55 bits per heavy atom. The van der Waals surface area contributed by atoms with Gasteiger partial charge in [-0.2, -0.15) is 0 Å². The minimum atomic E-state index is -0.284. The molecule has 33 heavy (non-hydrogen) atoms. The third kappa shape index (κ3) is 4.38. The Morgan fingerprint density at radius 1 is 0.970 bits per heavy atom. The van der Waals surface area contributed by atoms with E-state index in [-0.39, 0.29) is 17.1 Å². The average molecular weight is 442 g/mol. The number of hydrogen-bond donors (Lipinski definition) is 1. The summed E-state index contributed by atoms with van der Waals surface area (Å²) < 4.78 is 5.70. The van der Waals surface area contributed by atoms with Crippen molar-refractivity contribution in [3.8, 4) is 0 Å². The summed E-state index contributed by atoms with van der Waals surface area (Å²) in [7, 11) is 0. The van der Waals surface area contributed by atoms with Crippen LogP contribution >= 0.6 is 0 Å². The number of pyridine rings is 1. The number of aromatic nitrogens is 3. The number of carbonyl (C=O) groups is 1. The van der Waals surface area contributed by atoms with Gasteiger partial charge in [-0.25, -0.2) is 4.98 Å². The van der Waals surface area contributed by atoms with E-state index in [0.29, 0.717) is 48.8 Å². The predicted octanol–water partition coefficient (Wildman–Crippen LogP) is 2.99. The molecule has 0 radical (unpaired) electrons. The van der Waals surface area contributed by atoms with Gasteiger partial charge in [-0.05, 0) is 48.9 Å². The largest absolute Gasteiger partial charge is 0.451 e. The van der Waals surface area contributed by atoms with Crippen LogP contribution in [0.15, 0.2) is 70.0 Å². The molecule has 1 N–H and O–H groups in total. The van der Waals surface area contributed by atoms with Gasteiger partial charge < -0.3 is 19.5 Å². The van der Waals surface area contributed by atoms with Crippen molar-refractivity contribution in [2.75, 3.05) is 36.4 Å². The lowest BCUT2D eigenvalue weighted by Crippen LogP contribution is -2.49. The van der Waals surface area contributed by atoms with E-state index in [4.69, 9.17) is 4.42 Å². The Labute approximate surface area is 189 Å². The Morgan fingerprint density at radius 2 is 1.79 bits per heavy atom. The molecule has 1 amide bonds. The van der Waals surface area contributed by atoms with Crippen LogP contribution in [0.1, 0.15) is 16.1 Å². The maximum atomic E-state index is 12.9. The molecule has 0 atom stereocenters. The molecule has 4 aromatic rings. The zero-order chi connectivity index (χ0) is 22.8. The molecule has 1 aliphatic rings. The van der Waals surface area contributed by atoms with Crippen LogP contribution < -0.4 is 15.6 Å². The second-order valence-corrected chi connectivity index (χ2v) is 7.87. The number of fused-ring (bicyclic) bond motifs is 1. The van der Waals surface area contributed by atoms with Gasteiger partial charge in [0.2, 0.25) is 0 Å². The summed E-state index contributed by atoms with van der Waals surface area (Å²) in [5, 5.41) is 12.2. The molecule has 1 aromatic carbocycles. The van der Waals surface area contributed by atoms with E-state index in [9.17, 15) is 9.59 Å². The zero-order valence-electron chi connectivity index (χ0n) is 18.1. The van der Waals surface area contributed by atoms with Crippen LogP contribution in [0, 0.1) is 6.92 Å². The van der Waals surface area contributed by atoms with Gasteiger partial charge in [-0.1, -0.05) is 12.1 Å². The van der Waals surface area contributed by atoms with Gasteiger partial charge in [0.05, 0.1) is 5.39 Å². The summed E-state index contributed by atoms with van der Waals surface area (Å²) in [5.74, 6) is 1.84. The lowest BCUT2D eigenvalue weighted by atomic mass is 10.2. The van der Waals surface area contributed by atoms with E-state index < -0.39 is 0 Å². The number of nitrogens with one attached hydrogen (secondary N) is 1. The average Bonchev–Trinajstić information content (AvgIpc) is 2.84. The number of rotatable bonds is 4. The maximum Gasteiger partial charge on any atom is 0.289 e. The van der Waals surface area contributed by atoms with E-state index in [1.807, 2.05) is 31.2 Å². The molecular formula is C24H22N6O3. The lowest BCUT2D eigenvalue weighted by molar-refractivity contribution is 0.0715. The molecule has 9 nitrogen and oxygen atoms in total. The minimum Gasteiger partial charge on any atom is -0.451 e. The second-order valence-electron chi connectivity index (χ2n) is 7.87.